The van der Waals surface area contributed by atoms with Crippen LogP contribution in [0.5, 0.6) is 0 Å². The van der Waals surface area contributed by atoms with E-state index < -0.39 is 0 Å². The van der Waals surface area contributed by atoms with Crippen LogP contribution in [0.25, 0.3) is 0 Å². The third-order valence-corrected chi connectivity index (χ3v) is 3.45. The van der Waals surface area contributed by atoms with Gasteiger partial charge in [0.05, 0.1) is 10.7 Å². The highest BCUT2D eigenvalue weighted by molar-refractivity contribution is 6.33. The molecule has 1 fully saturated rings. The van der Waals surface area contributed by atoms with Crippen molar-refractivity contribution in [2.75, 3.05) is 11.9 Å². The van der Waals surface area contributed by atoms with Crippen LogP contribution >= 0.6 is 11.6 Å². The van der Waals surface area contributed by atoms with Crippen LogP contribution in [-0.4, -0.2) is 6.54 Å². The van der Waals surface area contributed by atoms with Crippen LogP contribution in [0.4, 0.5) is 5.69 Å². The molecule has 1 saturated carbocycles. The number of halogens is 1. The minimum absolute atomic E-state index is 0.730. The van der Waals surface area contributed by atoms with Crippen molar-refractivity contribution >= 4 is 17.3 Å². The number of hydrogen-bond donors (Lipinski definition) is 1. The molecule has 1 aliphatic carbocycles. The summed E-state index contributed by atoms with van der Waals surface area (Å²) in [6.07, 6.45) is 2.80. The number of rotatable bonds is 1. The highest BCUT2D eigenvalue weighted by Gasteiger charge is 2.36. The second kappa shape index (κ2) is 2.65. The lowest BCUT2D eigenvalue weighted by molar-refractivity contribution is 0.660. The van der Waals surface area contributed by atoms with Crippen molar-refractivity contribution in [2.24, 2.45) is 5.92 Å². The lowest BCUT2D eigenvalue weighted by Crippen LogP contribution is -2.03. The van der Waals surface area contributed by atoms with E-state index in [1.165, 1.54) is 24.1 Å². The number of nitrogens with one attached hydrogen (secondary N) is 1. The lowest BCUT2D eigenvalue weighted by Gasteiger charge is -2.07. The fourth-order valence-corrected chi connectivity index (χ4v) is 2.53. The normalized spacial score (nSPS) is 25.5. The van der Waals surface area contributed by atoms with Crippen LogP contribution in [-0.2, 0) is 0 Å². The van der Waals surface area contributed by atoms with E-state index in [0.29, 0.717) is 0 Å². The average Bonchev–Trinajstić information content (AvgIpc) is 2.87. The van der Waals surface area contributed by atoms with E-state index in [1.54, 1.807) is 0 Å². The molecule has 13 heavy (non-hydrogen) atoms. The average molecular weight is 194 g/mol. The number of benzene rings is 1. The molecule has 3 rings (SSSR count). The molecule has 2 heteroatoms. The quantitative estimate of drug-likeness (QED) is 0.722. The van der Waals surface area contributed by atoms with Gasteiger partial charge in [0.15, 0.2) is 0 Å². The highest BCUT2D eigenvalue weighted by atomic mass is 35.5. The molecule has 0 radical (unpaired) electrons. The van der Waals surface area contributed by atoms with Crippen LogP contribution in [0.1, 0.15) is 24.3 Å². The largest absolute Gasteiger partial charge is 0.383 e. The van der Waals surface area contributed by atoms with E-state index in [4.69, 9.17) is 11.6 Å². The first-order valence-electron chi connectivity index (χ1n) is 4.88. The molecular formula is C11H12ClN. The van der Waals surface area contributed by atoms with E-state index in [2.05, 4.69) is 17.4 Å². The summed E-state index contributed by atoms with van der Waals surface area (Å²) in [7, 11) is 0. The predicted molar refractivity (Wildman–Crippen MR) is 55.4 cm³/mol. The summed E-state index contributed by atoms with van der Waals surface area (Å²) < 4.78 is 0. The van der Waals surface area contributed by atoms with Crippen LogP contribution in [0.15, 0.2) is 18.2 Å². The fourth-order valence-electron chi connectivity index (χ4n) is 2.28. The Morgan fingerprint density at radius 1 is 1.31 bits per heavy atom. The first kappa shape index (κ1) is 7.69. The van der Waals surface area contributed by atoms with Crippen LogP contribution in [0.2, 0.25) is 5.02 Å². The molecule has 1 nitrogen and oxygen atoms in total. The maximum atomic E-state index is 6.10. The smallest absolute Gasteiger partial charge is 0.0640 e. The van der Waals surface area contributed by atoms with Crippen LogP contribution in [0.3, 0.4) is 0 Å². The summed E-state index contributed by atoms with van der Waals surface area (Å²) >= 11 is 6.10. The van der Waals surface area contributed by atoms with Crippen molar-refractivity contribution in [3.63, 3.8) is 0 Å². The van der Waals surface area contributed by atoms with Gasteiger partial charge in [0.1, 0.15) is 0 Å². The molecular weight excluding hydrogens is 182 g/mol. The zero-order valence-corrected chi connectivity index (χ0v) is 8.14. The van der Waals surface area contributed by atoms with Gasteiger partial charge >= 0.3 is 0 Å². The van der Waals surface area contributed by atoms with E-state index in [-0.39, 0.29) is 0 Å². The van der Waals surface area contributed by atoms with Crippen molar-refractivity contribution in [1.29, 1.82) is 0 Å². The fraction of sp³-hybridized carbons (Fsp3) is 0.455. The summed E-state index contributed by atoms with van der Waals surface area (Å²) in [6.45, 7) is 1.09. The summed E-state index contributed by atoms with van der Waals surface area (Å²) in [5.41, 5.74) is 2.62. The molecule has 68 valence electrons. The summed E-state index contributed by atoms with van der Waals surface area (Å²) in [5.74, 6) is 1.65. The molecule has 0 bridgehead atoms. The Bertz CT molecular complexity index is 344. The zero-order chi connectivity index (χ0) is 8.84. The van der Waals surface area contributed by atoms with Gasteiger partial charge < -0.3 is 5.32 Å². The van der Waals surface area contributed by atoms with E-state index in [1.807, 2.05) is 6.07 Å². The van der Waals surface area contributed by atoms with Gasteiger partial charge in [-0.3, -0.25) is 0 Å². The first-order valence-corrected chi connectivity index (χ1v) is 5.26. The van der Waals surface area contributed by atoms with Gasteiger partial charge in [-0.05, 0) is 30.4 Å². The standard InChI is InChI=1S/C11H12ClN/c12-10-3-1-2-8-9(7-4-5-7)6-13-11(8)10/h1-3,7,9,13H,4-6H2. The Morgan fingerprint density at radius 3 is 2.92 bits per heavy atom. The minimum Gasteiger partial charge on any atom is -0.383 e. The van der Waals surface area contributed by atoms with Crippen molar-refractivity contribution < 1.29 is 0 Å². The van der Waals surface area contributed by atoms with E-state index in [9.17, 15) is 0 Å². The second-order valence-corrected chi connectivity index (χ2v) is 4.44. The van der Waals surface area contributed by atoms with Crippen molar-refractivity contribution in [3.8, 4) is 0 Å². The molecule has 1 atom stereocenters. The summed E-state index contributed by atoms with van der Waals surface area (Å²) in [4.78, 5) is 0. The van der Waals surface area contributed by atoms with Gasteiger partial charge in [-0.2, -0.15) is 0 Å². The SMILES string of the molecule is Clc1cccc2c1NCC2C1CC1. The monoisotopic (exact) mass is 193 g/mol. The van der Waals surface area contributed by atoms with Crippen molar-refractivity contribution in [1.82, 2.24) is 0 Å². The number of hydrogen-bond acceptors (Lipinski definition) is 1. The summed E-state index contributed by atoms with van der Waals surface area (Å²) in [6, 6.07) is 6.23. The Labute approximate surface area is 83.1 Å². The Hall–Kier alpha value is -0.690. The molecule has 0 saturated heterocycles. The van der Waals surface area contributed by atoms with Crippen LogP contribution < -0.4 is 5.32 Å². The maximum Gasteiger partial charge on any atom is 0.0640 e. The molecule has 1 aromatic carbocycles. The van der Waals surface area contributed by atoms with Crippen LogP contribution in [0, 0.1) is 5.92 Å². The molecule has 2 aliphatic rings. The minimum atomic E-state index is 0.730. The molecule has 0 spiro atoms. The second-order valence-electron chi connectivity index (χ2n) is 4.03. The molecule has 1 heterocycles. The predicted octanol–water partition coefficient (Wildman–Crippen LogP) is 3.26. The molecule has 1 unspecified atom stereocenters. The Balaban J connectivity index is 2.05. The molecule has 1 aliphatic heterocycles. The highest BCUT2D eigenvalue weighted by Crippen LogP contribution is 2.48. The van der Waals surface area contributed by atoms with Gasteiger partial charge in [-0.15, -0.1) is 0 Å². The topological polar surface area (TPSA) is 12.0 Å². The van der Waals surface area contributed by atoms with E-state index in [0.717, 1.165) is 23.4 Å². The van der Waals surface area contributed by atoms with Crippen molar-refractivity contribution in [3.05, 3.63) is 28.8 Å². The van der Waals surface area contributed by atoms with E-state index >= 15 is 0 Å². The third-order valence-electron chi connectivity index (χ3n) is 3.14. The van der Waals surface area contributed by atoms with Gasteiger partial charge in [0.2, 0.25) is 0 Å². The van der Waals surface area contributed by atoms with Gasteiger partial charge in [0, 0.05) is 12.5 Å². The van der Waals surface area contributed by atoms with Gasteiger partial charge in [-0.1, -0.05) is 23.7 Å². The van der Waals surface area contributed by atoms with Gasteiger partial charge in [-0.25, -0.2) is 0 Å². The molecule has 1 N–H and O–H groups in total. The third kappa shape index (κ3) is 1.14. The number of para-hydroxylation sites is 1. The molecule has 0 amide bonds. The zero-order valence-electron chi connectivity index (χ0n) is 7.39. The Kier molecular flexibility index (Phi) is 1.57. The molecule has 1 aromatic rings. The van der Waals surface area contributed by atoms with Crippen molar-refractivity contribution in [2.45, 2.75) is 18.8 Å². The number of anilines is 1. The first-order chi connectivity index (χ1) is 6.36. The lowest BCUT2D eigenvalue weighted by atomic mass is 9.97. The summed E-state index contributed by atoms with van der Waals surface area (Å²) in [5, 5.41) is 4.28. The Morgan fingerprint density at radius 2 is 2.15 bits per heavy atom. The molecule has 0 aromatic heterocycles. The number of fused-ring (bicyclic) bond motifs is 1. The van der Waals surface area contributed by atoms with Gasteiger partial charge in [0.25, 0.3) is 0 Å². The maximum absolute atomic E-state index is 6.10.